The molecule has 0 aliphatic carbocycles. The van der Waals surface area contributed by atoms with E-state index in [2.05, 4.69) is 0 Å². The summed E-state index contributed by atoms with van der Waals surface area (Å²) in [6, 6.07) is 2.20. The lowest BCUT2D eigenvalue weighted by molar-refractivity contribution is -0.530. The molecule has 100 valence electrons. The first-order valence-electron chi connectivity index (χ1n) is 5.20. The van der Waals surface area contributed by atoms with Crippen molar-refractivity contribution in [3.05, 3.63) is 40.4 Å². The molecule has 0 bridgehead atoms. The summed E-state index contributed by atoms with van der Waals surface area (Å²) in [7, 11) is 0. The molecule has 0 N–H and O–H groups in total. The number of hydrogen-bond donors (Lipinski definition) is 0. The van der Waals surface area contributed by atoms with Gasteiger partial charge in [0, 0.05) is 20.8 Å². The van der Waals surface area contributed by atoms with Crippen LogP contribution in [0.4, 0.5) is 17.6 Å². The molecule has 2 nitrogen and oxygen atoms in total. The predicted molar refractivity (Wildman–Crippen MR) is 59.9 cm³/mol. The van der Waals surface area contributed by atoms with E-state index in [4.69, 9.17) is 0 Å². The molecule has 0 amide bonds. The van der Waals surface area contributed by atoms with Crippen molar-refractivity contribution >= 4 is 6.21 Å². The van der Waals surface area contributed by atoms with Crippen LogP contribution >= 0.6 is 0 Å². The molecule has 1 rings (SSSR count). The monoisotopic (exact) mass is 263 g/mol. The van der Waals surface area contributed by atoms with Gasteiger partial charge >= 0.3 is 6.18 Å². The van der Waals surface area contributed by atoms with Gasteiger partial charge in [-0.25, -0.2) is 9.13 Å². The van der Waals surface area contributed by atoms with Crippen LogP contribution < -0.4 is 0 Å². The first-order valence-corrected chi connectivity index (χ1v) is 5.20. The fraction of sp³-hybridized carbons (Fsp3) is 0.417. The first-order chi connectivity index (χ1) is 8.01. The number of rotatable bonds is 1. The maximum atomic E-state index is 12.8. The highest BCUT2D eigenvalue weighted by Crippen LogP contribution is 2.32. The Morgan fingerprint density at radius 1 is 1.17 bits per heavy atom. The topological polar surface area (TPSA) is 26.1 Å². The molecule has 0 aliphatic rings. The first kappa shape index (κ1) is 14.5. The summed E-state index contributed by atoms with van der Waals surface area (Å²) in [5, 5.41) is 11.6. The molecular formula is C12H13F4NO. The number of nitrogens with zero attached hydrogens (tertiary/aromatic N) is 1. The molecule has 0 aliphatic heterocycles. The predicted octanol–water partition coefficient (Wildman–Crippen LogP) is 3.57. The highest BCUT2D eigenvalue weighted by atomic mass is 19.4. The normalized spacial score (nSPS) is 13.8. The van der Waals surface area contributed by atoms with Gasteiger partial charge in [0.2, 0.25) is 0 Å². The van der Waals surface area contributed by atoms with E-state index >= 15 is 0 Å². The summed E-state index contributed by atoms with van der Waals surface area (Å²) in [5.74, 6) is -0.993. The Bertz CT molecular complexity index is 472. The Morgan fingerprint density at radius 3 is 2.17 bits per heavy atom. The summed E-state index contributed by atoms with van der Waals surface area (Å²) >= 11 is 0. The minimum Gasteiger partial charge on any atom is -0.623 e. The van der Waals surface area contributed by atoms with Gasteiger partial charge in [-0.05, 0) is 18.2 Å². The molecule has 18 heavy (non-hydrogen) atoms. The third-order valence-corrected chi connectivity index (χ3v) is 2.24. The van der Waals surface area contributed by atoms with Crippen molar-refractivity contribution in [2.45, 2.75) is 32.5 Å². The Hall–Kier alpha value is -1.59. The smallest absolute Gasteiger partial charge is 0.417 e. The summed E-state index contributed by atoms with van der Waals surface area (Å²) in [6.07, 6.45) is -3.88. The average Bonchev–Trinajstić information content (AvgIpc) is 2.17. The van der Waals surface area contributed by atoms with Gasteiger partial charge in [-0.1, -0.05) is 0 Å². The summed E-state index contributed by atoms with van der Waals surface area (Å²) in [6.45, 7) is 4.69. The van der Waals surface area contributed by atoms with Crippen molar-refractivity contribution in [3.8, 4) is 0 Å². The van der Waals surface area contributed by atoms with Gasteiger partial charge < -0.3 is 5.21 Å². The lowest BCUT2D eigenvalue weighted by Gasteiger charge is -2.19. The second-order valence-corrected chi connectivity index (χ2v) is 4.86. The van der Waals surface area contributed by atoms with Gasteiger partial charge in [0.1, 0.15) is 5.82 Å². The molecule has 0 unspecified atom stereocenters. The lowest BCUT2D eigenvalue weighted by atomic mass is 10.1. The van der Waals surface area contributed by atoms with Crippen molar-refractivity contribution in [2.75, 3.05) is 0 Å². The molecule has 0 atom stereocenters. The van der Waals surface area contributed by atoms with Gasteiger partial charge in [0.15, 0.2) is 11.8 Å². The SMILES string of the molecule is CC(C)(C)[N+]([O-])=Cc1ccc(F)cc1C(F)(F)F. The average molecular weight is 263 g/mol. The van der Waals surface area contributed by atoms with Crippen LogP contribution in [0, 0.1) is 11.0 Å². The summed E-state index contributed by atoms with van der Waals surface area (Å²) in [4.78, 5) is 0. The number of hydrogen-bond acceptors (Lipinski definition) is 1. The van der Waals surface area contributed by atoms with Crippen LogP contribution in [0.25, 0.3) is 0 Å². The molecule has 0 spiro atoms. The van der Waals surface area contributed by atoms with Crippen LogP contribution in [0.5, 0.6) is 0 Å². The summed E-state index contributed by atoms with van der Waals surface area (Å²) < 4.78 is 51.3. The number of benzene rings is 1. The fourth-order valence-corrected chi connectivity index (χ4v) is 1.21. The second-order valence-electron chi connectivity index (χ2n) is 4.86. The van der Waals surface area contributed by atoms with Crippen LogP contribution in [0.3, 0.4) is 0 Å². The fourth-order valence-electron chi connectivity index (χ4n) is 1.21. The van der Waals surface area contributed by atoms with Crippen molar-refractivity contribution in [1.82, 2.24) is 0 Å². The molecule has 1 aromatic rings. The van der Waals surface area contributed by atoms with Gasteiger partial charge in [-0.2, -0.15) is 13.2 Å². The summed E-state index contributed by atoms with van der Waals surface area (Å²) in [5.41, 5.74) is -2.38. The zero-order valence-corrected chi connectivity index (χ0v) is 10.2. The van der Waals surface area contributed by atoms with Crippen molar-refractivity contribution in [1.29, 1.82) is 0 Å². The highest BCUT2D eigenvalue weighted by Gasteiger charge is 2.34. The molecule has 0 fully saturated rings. The molecule has 6 heteroatoms. The van der Waals surface area contributed by atoms with E-state index < -0.39 is 23.1 Å². The van der Waals surface area contributed by atoms with Crippen LogP contribution in [0.15, 0.2) is 18.2 Å². The number of alkyl halides is 3. The van der Waals surface area contributed by atoms with Gasteiger partial charge in [0.25, 0.3) is 0 Å². The minimum atomic E-state index is -4.70. The molecule has 0 aromatic heterocycles. The molecule has 0 heterocycles. The number of halogens is 4. The Labute approximate surface area is 102 Å². The molecule has 0 saturated heterocycles. The van der Waals surface area contributed by atoms with Crippen LogP contribution in [0.2, 0.25) is 0 Å². The van der Waals surface area contributed by atoms with E-state index in [-0.39, 0.29) is 5.56 Å². The van der Waals surface area contributed by atoms with E-state index in [1.807, 2.05) is 0 Å². The zero-order valence-electron chi connectivity index (χ0n) is 10.2. The molecule has 0 saturated carbocycles. The van der Waals surface area contributed by atoms with Crippen LogP contribution in [-0.2, 0) is 6.18 Å². The van der Waals surface area contributed by atoms with Gasteiger partial charge in [-0.3, -0.25) is 0 Å². The Balaban J connectivity index is 3.35. The molecule has 1 aromatic carbocycles. The minimum absolute atomic E-state index is 0.353. The quantitative estimate of drug-likeness (QED) is 0.250. The van der Waals surface area contributed by atoms with Crippen LogP contribution in [-0.4, -0.2) is 16.5 Å². The van der Waals surface area contributed by atoms with Crippen molar-refractivity contribution < 1.29 is 22.3 Å². The second kappa shape index (κ2) is 4.59. The highest BCUT2D eigenvalue weighted by molar-refractivity contribution is 5.78. The maximum absolute atomic E-state index is 12.8. The lowest BCUT2D eigenvalue weighted by Crippen LogP contribution is -2.29. The van der Waals surface area contributed by atoms with E-state index in [9.17, 15) is 22.8 Å². The van der Waals surface area contributed by atoms with Gasteiger partial charge in [0.05, 0.1) is 11.1 Å². The molecular weight excluding hydrogens is 250 g/mol. The van der Waals surface area contributed by atoms with E-state index in [0.717, 1.165) is 18.3 Å². The standard InChI is InChI=1S/C12H13F4NO/c1-11(2,3)17(18)7-8-4-5-9(13)6-10(8)12(14,15)16/h4-7H,1-3H3. The third-order valence-electron chi connectivity index (χ3n) is 2.24. The zero-order chi connectivity index (χ0) is 14.1. The largest absolute Gasteiger partial charge is 0.623 e. The van der Waals surface area contributed by atoms with Gasteiger partial charge in [-0.15, -0.1) is 0 Å². The Morgan fingerprint density at radius 2 is 1.72 bits per heavy atom. The van der Waals surface area contributed by atoms with E-state index in [0.29, 0.717) is 10.8 Å². The maximum Gasteiger partial charge on any atom is 0.417 e. The van der Waals surface area contributed by atoms with Crippen LogP contribution in [0.1, 0.15) is 31.9 Å². The van der Waals surface area contributed by atoms with Crippen molar-refractivity contribution in [3.63, 3.8) is 0 Å². The van der Waals surface area contributed by atoms with E-state index in [1.165, 1.54) is 0 Å². The third kappa shape index (κ3) is 3.45. The van der Waals surface area contributed by atoms with Crippen molar-refractivity contribution in [2.24, 2.45) is 0 Å². The molecule has 0 radical (unpaired) electrons. The van der Waals surface area contributed by atoms with E-state index in [1.54, 1.807) is 20.8 Å². The Kier molecular flexibility index (Phi) is 3.69. The number of hydroxylamine groups is 1.